The van der Waals surface area contributed by atoms with Gasteiger partial charge in [-0.05, 0) is 19.1 Å². The van der Waals surface area contributed by atoms with Crippen LogP contribution in [0.25, 0.3) is 0 Å². The van der Waals surface area contributed by atoms with Gasteiger partial charge < -0.3 is 9.63 Å². The van der Waals surface area contributed by atoms with Gasteiger partial charge >= 0.3 is 0 Å². The van der Waals surface area contributed by atoms with E-state index in [-0.39, 0.29) is 6.10 Å². The van der Waals surface area contributed by atoms with Gasteiger partial charge in [0.1, 0.15) is 0 Å². The van der Waals surface area contributed by atoms with Gasteiger partial charge in [-0.3, -0.25) is 0 Å². The second kappa shape index (κ2) is 6.03. The Hall–Kier alpha value is -0.550. The summed E-state index contributed by atoms with van der Waals surface area (Å²) in [4.78, 5) is 4.21. The van der Waals surface area contributed by atoms with Gasteiger partial charge in [-0.2, -0.15) is 16.7 Å². The number of aliphatic hydroxyl groups excluding tert-OH is 1. The lowest BCUT2D eigenvalue weighted by Gasteiger charge is -1.98. The van der Waals surface area contributed by atoms with E-state index in [1.807, 2.05) is 0 Å². The number of aliphatic hydroxyl groups is 1. The van der Waals surface area contributed by atoms with E-state index in [2.05, 4.69) is 17.1 Å². The van der Waals surface area contributed by atoms with Crippen molar-refractivity contribution >= 4 is 11.8 Å². The van der Waals surface area contributed by atoms with Gasteiger partial charge in [0.15, 0.2) is 5.82 Å². The zero-order chi connectivity index (χ0) is 10.4. The molecule has 80 valence electrons. The van der Waals surface area contributed by atoms with Crippen LogP contribution < -0.4 is 0 Å². The van der Waals surface area contributed by atoms with Crippen molar-refractivity contribution in [1.82, 2.24) is 10.1 Å². The van der Waals surface area contributed by atoms with Crippen molar-refractivity contribution in [3.05, 3.63) is 11.7 Å². The summed E-state index contributed by atoms with van der Waals surface area (Å²) in [5.74, 6) is 3.22. The van der Waals surface area contributed by atoms with Gasteiger partial charge in [0, 0.05) is 6.42 Å². The lowest BCUT2D eigenvalue weighted by atomic mass is 10.2. The molecule has 0 spiro atoms. The zero-order valence-electron chi connectivity index (χ0n) is 8.56. The minimum absolute atomic E-state index is 0.310. The molecule has 1 aromatic heterocycles. The molecule has 0 aliphatic carbocycles. The van der Waals surface area contributed by atoms with Crippen LogP contribution in [0, 0.1) is 0 Å². The Morgan fingerprint density at radius 2 is 2.36 bits per heavy atom. The van der Waals surface area contributed by atoms with Crippen molar-refractivity contribution in [3.8, 4) is 0 Å². The van der Waals surface area contributed by atoms with Gasteiger partial charge in [-0.1, -0.05) is 12.1 Å². The van der Waals surface area contributed by atoms with E-state index in [4.69, 9.17) is 9.63 Å². The Kier molecular flexibility index (Phi) is 4.97. The average Bonchev–Trinajstić information content (AvgIpc) is 2.59. The van der Waals surface area contributed by atoms with Crippen LogP contribution in [0.1, 0.15) is 32.0 Å². The second-order valence-electron chi connectivity index (χ2n) is 3.13. The third kappa shape index (κ3) is 4.11. The van der Waals surface area contributed by atoms with E-state index in [1.54, 1.807) is 18.7 Å². The van der Waals surface area contributed by atoms with E-state index in [0.717, 1.165) is 17.3 Å². The highest BCUT2D eigenvalue weighted by atomic mass is 32.2. The number of nitrogens with zero attached hydrogens (tertiary/aromatic N) is 2. The summed E-state index contributed by atoms with van der Waals surface area (Å²) in [5, 5.41) is 12.9. The first kappa shape index (κ1) is 11.5. The number of aromatic nitrogens is 2. The normalized spacial score (nSPS) is 13.1. The molecule has 1 heterocycles. The van der Waals surface area contributed by atoms with E-state index in [1.165, 1.54) is 0 Å². The minimum Gasteiger partial charge on any atom is -0.393 e. The van der Waals surface area contributed by atoms with E-state index < -0.39 is 0 Å². The molecule has 0 aliphatic heterocycles. The summed E-state index contributed by atoms with van der Waals surface area (Å²) in [5.41, 5.74) is 0. The topological polar surface area (TPSA) is 59.2 Å². The van der Waals surface area contributed by atoms with Gasteiger partial charge in [-0.15, -0.1) is 0 Å². The number of aryl methyl sites for hydroxylation is 1. The molecule has 0 aromatic carbocycles. The third-order valence-corrected chi connectivity index (χ3v) is 2.59. The standard InChI is InChI=1S/C9H16N2O2S/c1-3-14-6-8-10-9(13-11-8)5-4-7(2)12/h7,12H,3-6H2,1-2H3. The lowest BCUT2D eigenvalue weighted by molar-refractivity contribution is 0.180. The maximum atomic E-state index is 9.07. The van der Waals surface area contributed by atoms with E-state index in [9.17, 15) is 0 Å². The molecule has 0 radical (unpaired) electrons. The molecule has 0 saturated heterocycles. The molecule has 14 heavy (non-hydrogen) atoms. The lowest BCUT2D eigenvalue weighted by Crippen LogP contribution is -2.01. The first-order valence-corrected chi connectivity index (χ1v) is 5.95. The van der Waals surface area contributed by atoms with Crippen molar-refractivity contribution in [2.75, 3.05) is 5.75 Å². The molecule has 5 heteroatoms. The van der Waals surface area contributed by atoms with Gasteiger partial charge in [-0.25, -0.2) is 0 Å². The highest BCUT2D eigenvalue weighted by molar-refractivity contribution is 7.98. The smallest absolute Gasteiger partial charge is 0.226 e. The van der Waals surface area contributed by atoms with Gasteiger partial charge in [0.2, 0.25) is 5.89 Å². The fraction of sp³-hybridized carbons (Fsp3) is 0.778. The molecular weight excluding hydrogens is 200 g/mol. The summed E-state index contributed by atoms with van der Waals surface area (Å²) >= 11 is 1.76. The summed E-state index contributed by atoms with van der Waals surface area (Å²) in [6.07, 6.45) is 1.01. The third-order valence-electron chi connectivity index (χ3n) is 1.72. The molecule has 1 unspecified atom stereocenters. The fourth-order valence-electron chi connectivity index (χ4n) is 0.976. The first-order valence-electron chi connectivity index (χ1n) is 4.79. The second-order valence-corrected chi connectivity index (χ2v) is 4.40. The van der Waals surface area contributed by atoms with E-state index in [0.29, 0.717) is 18.7 Å². The Morgan fingerprint density at radius 1 is 1.57 bits per heavy atom. The molecule has 0 saturated carbocycles. The summed E-state index contributed by atoms with van der Waals surface area (Å²) < 4.78 is 5.03. The molecular formula is C9H16N2O2S. The number of hydrogen-bond donors (Lipinski definition) is 1. The van der Waals surface area contributed by atoms with E-state index >= 15 is 0 Å². The predicted octanol–water partition coefficient (Wildman–Crippen LogP) is 1.64. The van der Waals surface area contributed by atoms with Crippen LogP contribution in [-0.4, -0.2) is 27.1 Å². The van der Waals surface area contributed by atoms with Crippen molar-refractivity contribution < 1.29 is 9.63 Å². The molecule has 1 N–H and O–H groups in total. The van der Waals surface area contributed by atoms with Crippen molar-refractivity contribution in [2.45, 2.75) is 38.5 Å². The highest BCUT2D eigenvalue weighted by Crippen LogP contribution is 2.09. The zero-order valence-corrected chi connectivity index (χ0v) is 9.38. The van der Waals surface area contributed by atoms with Crippen LogP contribution >= 0.6 is 11.8 Å². The van der Waals surface area contributed by atoms with Crippen molar-refractivity contribution in [2.24, 2.45) is 0 Å². The Labute approximate surface area is 88.1 Å². The van der Waals surface area contributed by atoms with Crippen LogP contribution in [0.4, 0.5) is 0 Å². The summed E-state index contributed by atoms with van der Waals surface area (Å²) in [6, 6.07) is 0. The minimum atomic E-state index is -0.310. The fourth-order valence-corrected chi connectivity index (χ4v) is 1.48. The molecule has 0 bridgehead atoms. The number of hydrogen-bond acceptors (Lipinski definition) is 5. The Bertz CT molecular complexity index is 263. The maximum Gasteiger partial charge on any atom is 0.226 e. The summed E-state index contributed by atoms with van der Waals surface area (Å²) in [6.45, 7) is 3.85. The van der Waals surface area contributed by atoms with Crippen LogP contribution in [0.5, 0.6) is 0 Å². The molecule has 0 amide bonds. The molecule has 4 nitrogen and oxygen atoms in total. The van der Waals surface area contributed by atoms with Crippen LogP contribution in [0.2, 0.25) is 0 Å². The predicted molar refractivity (Wildman–Crippen MR) is 56.1 cm³/mol. The van der Waals surface area contributed by atoms with Gasteiger partial charge in [0.25, 0.3) is 0 Å². The maximum absolute atomic E-state index is 9.07. The molecule has 1 atom stereocenters. The SMILES string of the molecule is CCSCc1noc(CCC(C)O)n1. The van der Waals surface area contributed by atoms with Gasteiger partial charge in [0.05, 0.1) is 11.9 Å². The molecule has 0 fully saturated rings. The number of rotatable bonds is 6. The summed E-state index contributed by atoms with van der Waals surface area (Å²) in [7, 11) is 0. The molecule has 0 aliphatic rings. The number of thioether (sulfide) groups is 1. The van der Waals surface area contributed by atoms with Crippen LogP contribution in [-0.2, 0) is 12.2 Å². The largest absolute Gasteiger partial charge is 0.393 e. The molecule has 1 aromatic rings. The first-order chi connectivity index (χ1) is 6.72. The average molecular weight is 216 g/mol. The Balaban J connectivity index is 2.35. The highest BCUT2D eigenvalue weighted by Gasteiger charge is 2.06. The quantitative estimate of drug-likeness (QED) is 0.783. The Morgan fingerprint density at radius 3 is 3.00 bits per heavy atom. The van der Waals surface area contributed by atoms with Crippen molar-refractivity contribution in [1.29, 1.82) is 0 Å². The monoisotopic (exact) mass is 216 g/mol. The van der Waals surface area contributed by atoms with Crippen molar-refractivity contribution in [3.63, 3.8) is 0 Å². The van der Waals surface area contributed by atoms with Crippen LogP contribution in [0.3, 0.4) is 0 Å². The molecule has 1 rings (SSSR count). The van der Waals surface area contributed by atoms with Crippen LogP contribution in [0.15, 0.2) is 4.52 Å².